The van der Waals surface area contributed by atoms with Gasteiger partial charge in [0.1, 0.15) is 0 Å². The van der Waals surface area contributed by atoms with Crippen LogP contribution in [0.15, 0.2) is 48.5 Å². The number of amides is 3. The molecule has 3 amide bonds. The lowest BCUT2D eigenvalue weighted by atomic mass is 10.2. The summed E-state index contributed by atoms with van der Waals surface area (Å²) >= 11 is 0. The molecule has 170 valence electrons. The first-order chi connectivity index (χ1) is 15.4. The molecule has 0 atom stereocenters. The van der Waals surface area contributed by atoms with Crippen molar-refractivity contribution in [2.24, 2.45) is 0 Å². The number of para-hydroxylation sites is 2. The first-order valence-corrected chi connectivity index (χ1v) is 11.1. The van der Waals surface area contributed by atoms with Gasteiger partial charge in [0, 0.05) is 30.4 Å². The number of fused-ring (bicyclic) bond motifs is 1. The van der Waals surface area contributed by atoms with Crippen LogP contribution in [0.1, 0.15) is 38.1 Å². The van der Waals surface area contributed by atoms with Crippen molar-refractivity contribution in [3.05, 3.63) is 54.1 Å². The van der Waals surface area contributed by atoms with E-state index < -0.39 is 0 Å². The number of carbonyl (C=O) groups excluding carboxylic acids is 2. The third kappa shape index (κ3) is 5.85. The van der Waals surface area contributed by atoms with E-state index in [0.29, 0.717) is 17.2 Å². The lowest BCUT2D eigenvalue weighted by Crippen LogP contribution is -2.34. The third-order valence-corrected chi connectivity index (χ3v) is 5.24. The van der Waals surface area contributed by atoms with Crippen LogP contribution in [-0.2, 0) is 6.54 Å². The van der Waals surface area contributed by atoms with Gasteiger partial charge in [-0.1, -0.05) is 26.0 Å². The molecule has 8 heteroatoms. The average molecular weight is 437 g/mol. The Morgan fingerprint density at radius 2 is 1.69 bits per heavy atom. The average Bonchev–Trinajstić information content (AvgIpc) is 3.11. The van der Waals surface area contributed by atoms with Crippen LogP contribution >= 0.6 is 0 Å². The number of hydrogen-bond acceptors (Lipinski definition) is 4. The van der Waals surface area contributed by atoms with Crippen molar-refractivity contribution in [2.75, 3.05) is 30.3 Å². The van der Waals surface area contributed by atoms with E-state index in [4.69, 9.17) is 0 Å². The van der Waals surface area contributed by atoms with E-state index in [0.717, 1.165) is 37.2 Å². The van der Waals surface area contributed by atoms with Crippen LogP contribution in [0.4, 0.5) is 16.4 Å². The summed E-state index contributed by atoms with van der Waals surface area (Å²) in [7, 11) is 0. The van der Waals surface area contributed by atoms with Gasteiger partial charge in [-0.25, -0.2) is 9.78 Å². The number of urea groups is 1. The normalized spacial score (nSPS) is 11.2. The van der Waals surface area contributed by atoms with Crippen molar-refractivity contribution in [1.82, 2.24) is 19.8 Å². The van der Waals surface area contributed by atoms with Gasteiger partial charge >= 0.3 is 6.03 Å². The van der Waals surface area contributed by atoms with Crippen LogP contribution in [-0.4, -0.2) is 52.1 Å². The fourth-order valence-corrected chi connectivity index (χ4v) is 3.49. The summed E-state index contributed by atoms with van der Waals surface area (Å²) in [5.74, 6) is 0.282. The van der Waals surface area contributed by atoms with E-state index in [-0.39, 0.29) is 18.0 Å². The Morgan fingerprint density at radius 3 is 2.34 bits per heavy atom. The molecule has 1 aromatic heterocycles. The molecule has 0 bridgehead atoms. The van der Waals surface area contributed by atoms with Gasteiger partial charge < -0.3 is 20.1 Å². The maximum absolute atomic E-state index is 12.9. The summed E-state index contributed by atoms with van der Waals surface area (Å²) < 4.78 is 2.05. The van der Waals surface area contributed by atoms with E-state index in [1.807, 2.05) is 38.1 Å². The fraction of sp³-hybridized carbons (Fsp3) is 0.375. The van der Waals surface area contributed by atoms with Crippen molar-refractivity contribution in [2.45, 2.75) is 40.3 Å². The Hall–Kier alpha value is -3.39. The van der Waals surface area contributed by atoms with Crippen LogP contribution in [0.3, 0.4) is 0 Å². The molecule has 0 saturated carbocycles. The van der Waals surface area contributed by atoms with Crippen molar-refractivity contribution < 1.29 is 9.59 Å². The van der Waals surface area contributed by atoms with Crippen LogP contribution in [0.25, 0.3) is 11.0 Å². The van der Waals surface area contributed by atoms with Gasteiger partial charge in [-0.3, -0.25) is 10.1 Å². The molecule has 0 unspecified atom stereocenters. The highest BCUT2D eigenvalue weighted by atomic mass is 16.2. The summed E-state index contributed by atoms with van der Waals surface area (Å²) in [6.45, 7) is 11.6. The molecule has 3 N–H and O–H groups in total. The molecule has 1 heterocycles. The first-order valence-electron chi connectivity index (χ1n) is 11.1. The molecule has 32 heavy (non-hydrogen) atoms. The number of likely N-dealkylation sites (N-methyl/N-ethyl adjacent to an activating group) is 1. The highest BCUT2D eigenvalue weighted by molar-refractivity contribution is 6.04. The van der Waals surface area contributed by atoms with Gasteiger partial charge in [0.25, 0.3) is 5.91 Å². The topological polar surface area (TPSA) is 91.3 Å². The molecule has 3 aromatic rings. The Labute approximate surface area is 189 Å². The largest absolute Gasteiger partial charge is 0.336 e. The second-order valence-electron chi connectivity index (χ2n) is 7.89. The molecular weight excluding hydrogens is 404 g/mol. The zero-order chi connectivity index (χ0) is 23.1. The summed E-state index contributed by atoms with van der Waals surface area (Å²) in [6.07, 6.45) is 0. The maximum Gasteiger partial charge on any atom is 0.319 e. The Morgan fingerprint density at radius 1 is 1.00 bits per heavy atom. The predicted octanol–water partition coefficient (Wildman–Crippen LogP) is 4.16. The quantitative estimate of drug-likeness (QED) is 0.470. The molecule has 0 aliphatic heterocycles. The fourth-order valence-electron chi connectivity index (χ4n) is 3.49. The SMILES string of the molecule is CCN(CC)CCn1c(NC(=O)c2ccc(NC(=O)NC(C)C)cc2)nc2ccccc21. The van der Waals surface area contributed by atoms with Crippen molar-refractivity contribution in [3.63, 3.8) is 0 Å². The highest BCUT2D eigenvalue weighted by Crippen LogP contribution is 2.20. The standard InChI is InChI=1S/C24H32N6O2/c1-5-29(6-2)15-16-30-21-10-8-7-9-20(21)27-23(30)28-22(31)18-11-13-19(14-12-18)26-24(32)25-17(3)4/h7-14,17H,5-6,15-16H2,1-4H3,(H2,25,26,32)(H,27,28,31). The number of imidazole rings is 1. The zero-order valence-corrected chi connectivity index (χ0v) is 19.2. The lowest BCUT2D eigenvalue weighted by Gasteiger charge is -2.19. The highest BCUT2D eigenvalue weighted by Gasteiger charge is 2.15. The van der Waals surface area contributed by atoms with E-state index in [1.165, 1.54) is 0 Å². The van der Waals surface area contributed by atoms with E-state index in [2.05, 4.69) is 44.2 Å². The number of anilines is 2. The van der Waals surface area contributed by atoms with Crippen LogP contribution in [0, 0.1) is 0 Å². The minimum atomic E-state index is -0.279. The zero-order valence-electron chi connectivity index (χ0n) is 19.2. The van der Waals surface area contributed by atoms with Gasteiger partial charge in [0.2, 0.25) is 5.95 Å². The number of aromatic nitrogens is 2. The molecule has 8 nitrogen and oxygen atoms in total. The van der Waals surface area contributed by atoms with Crippen LogP contribution in [0.5, 0.6) is 0 Å². The number of hydrogen-bond donors (Lipinski definition) is 3. The molecule has 2 aromatic carbocycles. The van der Waals surface area contributed by atoms with Gasteiger partial charge in [-0.15, -0.1) is 0 Å². The molecular formula is C24H32N6O2. The first kappa shape index (κ1) is 23.3. The number of nitrogens with zero attached hydrogens (tertiary/aromatic N) is 3. The Bertz CT molecular complexity index is 1050. The molecule has 0 aliphatic carbocycles. The predicted molar refractivity (Wildman–Crippen MR) is 129 cm³/mol. The van der Waals surface area contributed by atoms with Gasteiger partial charge in [-0.2, -0.15) is 0 Å². The molecule has 0 saturated heterocycles. The third-order valence-electron chi connectivity index (χ3n) is 5.24. The van der Waals surface area contributed by atoms with Crippen molar-refractivity contribution in [3.8, 4) is 0 Å². The van der Waals surface area contributed by atoms with Gasteiger partial charge in [0.15, 0.2) is 0 Å². The Balaban J connectivity index is 1.74. The van der Waals surface area contributed by atoms with E-state index in [1.54, 1.807) is 24.3 Å². The summed E-state index contributed by atoms with van der Waals surface area (Å²) in [5.41, 5.74) is 2.94. The smallest absolute Gasteiger partial charge is 0.319 e. The number of carbonyl (C=O) groups is 2. The summed E-state index contributed by atoms with van der Waals surface area (Å²) in [6, 6.07) is 14.4. The Kier molecular flexibility index (Phi) is 7.83. The second kappa shape index (κ2) is 10.8. The molecule has 3 rings (SSSR count). The van der Waals surface area contributed by atoms with Crippen molar-refractivity contribution in [1.29, 1.82) is 0 Å². The number of benzene rings is 2. The molecule has 0 fully saturated rings. The van der Waals surface area contributed by atoms with Gasteiger partial charge in [0.05, 0.1) is 11.0 Å². The molecule has 0 radical (unpaired) electrons. The van der Waals surface area contributed by atoms with Crippen LogP contribution in [0.2, 0.25) is 0 Å². The number of nitrogens with one attached hydrogen (secondary N) is 3. The second-order valence-corrected chi connectivity index (χ2v) is 7.89. The van der Waals surface area contributed by atoms with Gasteiger partial charge in [-0.05, 0) is 63.3 Å². The minimum Gasteiger partial charge on any atom is -0.336 e. The molecule has 0 spiro atoms. The van der Waals surface area contributed by atoms with Crippen molar-refractivity contribution >= 4 is 34.6 Å². The van der Waals surface area contributed by atoms with Crippen LogP contribution < -0.4 is 16.0 Å². The maximum atomic E-state index is 12.9. The summed E-state index contributed by atoms with van der Waals surface area (Å²) in [4.78, 5) is 31.7. The monoisotopic (exact) mass is 436 g/mol. The minimum absolute atomic E-state index is 0.0426. The number of rotatable bonds is 9. The van der Waals surface area contributed by atoms with E-state index in [9.17, 15) is 9.59 Å². The van der Waals surface area contributed by atoms with E-state index >= 15 is 0 Å². The summed E-state index contributed by atoms with van der Waals surface area (Å²) in [5, 5.41) is 8.47. The molecule has 0 aliphatic rings. The lowest BCUT2D eigenvalue weighted by molar-refractivity contribution is 0.102.